The van der Waals surface area contributed by atoms with Gasteiger partial charge in [-0.3, -0.25) is 4.79 Å². The summed E-state index contributed by atoms with van der Waals surface area (Å²) in [7, 11) is 0. The molecule has 1 unspecified atom stereocenters. The molecule has 26 heavy (non-hydrogen) atoms. The lowest BCUT2D eigenvalue weighted by molar-refractivity contribution is -0.605. The second-order valence-electron chi connectivity index (χ2n) is 6.60. The first-order chi connectivity index (χ1) is 12.7. The van der Waals surface area contributed by atoms with Crippen molar-refractivity contribution in [2.75, 3.05) is 0 Å². The highest BCUT2D eigenvalue weighted by atomic mass is 32.1. The Morgan fingerprint density at radius 1 is 1.08 bits per heavy atom. The van der Waals surface area contributed by atoms with Crippen LogP contribution in [0.3, 0.4) is 0 Å². The van der Waals surface area contributed by atoms with E-state index in [-0.39, 0.29) is 11.9 Å². The average molecular weight is 364 g/mol. The summed E-state index contributed by atoms with van der Waals surface area (Å²) >= 11 is 1.63. The van der Waals surface area contributed by atoms with E-state index in [1.807, 2.05) is 17.5 Å². The molecule has 1 atom stereocenters. The molecule has 1 aliphatic rings. The van der Waals surface area contributed by atoms with Crippen LogP contribution >= 0.6 is 11.3 Å². The topological polar surface area (TPSA) is 56.0 Å². The summed E-state index contributed by atoms with van der Waals surface area (Å²) in [6.45, 7) is 0. The molecule has 2 heterocycles. The van der Waals surface area contributed by atoms with Gasteiger partial charge in [0.05, 0.1) is 11.6 Å². The fourth-order valence-electron chi connectivity index (χ4n) is 3.49. The second-order valence-corrected chi connectivity index (χ2v) is 7.58. The van der Waals surface area contributed by atoms with Crippen LogP contribution < -0.4 is 10.0 Å². The number of carbonyl (C=O) groups is 1. The van der Waals surface area contributed by atoms with Crippen molar-refractivity contribution < 1.29 is 9.52 Å². The minimum absolute atomic E-state index is 0.179. The van der Waals surface area contributed by atoms with Crippen molar-refractivity contribution in [1.29, 1.82) is 0 Å². The van der Waals surface area contributed by atoms with Crippen LogP contribution in [-0.2, 0) is 12.8 Å². The average Bonchev–Trinajstić information content (AvgIpc) is 3.20. The molecule has 1 N–H and O–H groups in total. The predicted molar refractivity (Wildman–Crippen MR) is 102 cm³/mol. The van der Waals surface area contributed by atoms with Gasteiger partial charge in [-0.15, -0.1) is 11.3 Å². The molecule has 1 aromatic carbocycles. The third-order valence-corrected chi connectivity index (χ3v) is 5.81. The van der Waals surface area contributed by atoms with Gasteiger partial charge in [-0.1, -0.05) is 24.3 Å². The van der Waals surface area contributed by atoms with Crippen molar-refractivity contribution in [3.05, 3.63) is 92.6 Å². The third-order valence-electron chi connectivity index (χ3n) is 4.87. The van der Waals surface area contributed by atoms with Gasteiger partial charge in [0.15, 0.2) is 12.4 Å². The molecule has 0 radical (unpaired) electrons. The number of rotatable bonds is 4. The number of nitrogens with zero attached hydrogens (tertiary/aromatic N) is 1. The lowest BCUT2D eigenvalue weighted by Crippen LogP contribution is -2.30. The normalized spacial score (nSPS) is 14.5. The van der Waals surface area contributed by atoms with Gasteiger partial charge in [-0.05, 0) is 53.8 Å². The summed E-state index contributed by atoms with van der Waals surface area (Å²) in [6, 6.07) is 13.5. The lowest BCUT2D eigenvalue weighted by atomic mass is 9.89. The number of thiophene rings is 1. The number of benzene rings is 1. The first kappa shape index (κ1) is 16.8. The molecule has 0 saturated heterocycles. The Balaban J connectivity index is 1.65. The molecule has 5 heteroatoms. The van der Waals surface area contributed by atoms with Gasteiger partial charge in [0.25, 0.3) is 5.91 Å². The molecule has 4 rings (SSSR count). The van der Waals surface area contributed by atoms with Crippen LogP contribution in [0.2, 0.25) is 0 Å². The molecule has 4 nitrogen and oxygen atoms in total. The summed E-state index contributed by atoms with van der Waals surface area (Å²) in [4.78, 5) is 13.8. The first-order valence-electron chi connectivity index (χ1n) is 8.85. The zero-order valence-electron chi connectivity index (χ0n) is 14.4. The molecule has 0 fully saturated rings. The van der Waals surface area contributed by atoms with Gasteiger partial charge in [-0.2, -0.15) is 4.73 Å². The molecule has 3 aromatic rings. The van der Waals surface area contributed by atoms with E-state index in [4.69, 9.17) is 0 Å². The number of carbonyl (C=O) groups excluding carboxylic acids is 1. The van der Waals surface area contributed by atoms with Gasteiger partial charge in [0.2, 0.25) is 0 Å². The molecular weight excluding hydrogens is 344 g/mol. The van der Waals surface area contributed by atoms with Crippen LogP contribution in [0.15, 0.2) is 60.2 Å². The Morgan fingerprint density at radius 2 is 1.85 bits per heavy atom. The number of pyridine rings is 1. The third kappa shape index (κ3) is 3.48. The SMILES string of the molecule is O=C(NC(c1ccc2c(c1)CCCC2)c1cccs1)c1cc[n+]([O-])cc1. The van der Waals surface area contributed by atoms with Crippen molar-refractivity contribution >= 4 is 17.2 Å². The minimum Gasteiger partial charge on any atom is -0.619 e. The number of hydrogen-bond donors (Lipinski definition) is 1. The largest absolute Gasteiger partial charge is 0.619 e. The van der Waals surface area contributed by atoms with Crippen LogP contribution in [0.5, 0.6) is 0 Å². The van der Waals surface area contributed by atoms with Gasteiger partial charge in [-0.25, -0.2) is 0 Å². The zero-order chi connectivity index (χ0) is 17.9. The summed E-state index contributed by atoms with van der Waals surface area (Å²) in [5, 5.41) is 16.4. The molecule has 1 amide bonds. The van der Waals surface area contributed by atoms with Crippen LogP contribution in [-0.4, -0.2) is 5.91 Å². The van der Waals surface area contributed by atoms with E-state index in [9.17, 15) is 10.0 Å². The standard InChI is InChI=1S/C21H20N2O2S/c24-21(16-9-11-23(25)12-10-16)22-20(19-6-3-13-26-19)18-8-7-15-4-1-2-5-17(15)14-18/h3,6-14,20H,1-2,4-5H2,(H,22,24). The van der Waals surface area contributed by atoms with E-state index < -0.39 is 0 Å². The number of amides is 1. The minimum atomic E-state index is -0.186. The highest BCUT2D eigenvalue weighted by molar-refractivity contribution is 7.10. The van der Waals surface area contributed by atoms with E-state index in [0.717, 1.165) is 23.3 Å². The number of aromatic nitrogens is 1. The van der Waals surface area contributed by atoms with Crippen LogP contribution in [0.1, 0.15) is 50.8 Å². The Labute approximate surface area is 156 Å². The smallest absolute Gasteiger partial charge is 0.252 e. The molecule has 0 saturated carbocycles. The monoisotopic (exact) mass is 364 g/mol. The Morgan fingerprint density at radius 3 is 2.58 bits per heavy atom. The first-order valence-corrected chi connectivity index (χ1v) is 9.73. The van der Waals surface area contributed by atoms with Crippen LogP contribution in [0, 0.1) is 5.21 Å². The molecule has 132 valence electrons. The highest BCUT2D eigenvalue weighted by Gasteiger charge is 2.21. The predicted octanol–water partition coefficient (Wildman–Crippen LogP) is 3.78. The molecular formula is C21H20N2O2S. The van der Waals surface area contributed by atoms with Gasteiger partial charge >= 0.3 is 0 Å². The van der Waals surface area contributed by atoms with E-state index in [1.165, 1.54) is 36.4 Å². The number of aryl methyl sites for hydroxylation is 2. The number of fused-ring (bicyclic) bond motifs is 1. The Kier molecular flexibility index (Phi) is 4.71. The maximum Gasteiger partial charge on any atom is 0.252 e. The zero-order valence-corrected chi connectivity index (χ0v) is 15.2. The Hall–Kier alpha value is -2.66. The van der Waals surface area contributed by atoms with E-state index in [2.05, 4.69) is 23.5 Å². The van der Waals surface area contributed by atoms with E-state index in [0.29, 0.717) is 10.3 Å². The lowest BCUT2D eigenvalue weighted by Gasteiger charge is -2.22. The molecule has 0 spiro atoms. The van der Waals surface area contributed by atoms with Gasteiger partial charge in [0, 0.05) is 17.0 Å². The van der Waals surface area contributed by atoms with Crippen molar-refractivity contribution in [1.82, 2.24) is 5.32 Å². The Bertz CT molecular complexity index is 904. The highest BCUT2D eigenvalue weighted by Crippen LogP contribution is 2.30. The van der Waals surface area contributed by atoms with Crippen molar-refractivity contribution in [3.63, 3.8) is 0 Å². The quantitative estimate of drug-likeness (QED) is 0.566. The van der Waals surface area contributed by atoms with Crippen molar-refractivity contribution in [3.8, 4) is 0 Å². The van der Waals surface area contributed by atoms with Crippen molar-refractivity contribution in [2.45, 2.75) is 31.7 Å². The van der Waals surface area contributed by atoms with Crippen LogP contribution in [0.25, 0.3) is 0 Å². The van der Waals surface area contributed by atoms with Crippen molar-refractivity contribution in [2.24, 2.45) is 0 Å². The molecule has 1 aliphatic carbocycles. The fraction of sp³-hybridized carbons (Fsp3) is 0.238. The van der Waals surface area contributed by atoms with E-state index >= 15 is 0 Å². The summed E-state index contributed by atoms with van der Waals surface area (Å²) < 4.78 is 0.678. The summed E-state index contributed by atoms with van der Waals surface area (Å²) in [6.07, 6.45) is 7.42. The van der Waals surface area contributed by atoms with E-state index in [1.54, 1.807) is 23.5 Å². The van der Waals surface area contributed by atoms with Gasteiger partial charge < -0.3 is 10.5 Å². The van der Waals surface area contributed by atoms with Gasteiger partial charge in [0.1, 0.15) is 0 Å². The second kappa shape index (κ2) is 7.30. The molecule has 0 bridgehead atoms. The fourth-order valence-corrected chi connectivity index (χ4v) is 4.29. The molecule has 0 aliphatic heterocycles. The number of nitrogens with one attached hydrogen (secondary N) is 1. The maximum absolute atomic E-state index is 12.7. The molecule has 2 aromatic heterocycles. The maximum atomic E-state index is 12.7. The summed E-state index contributed by atoms with van der Waals surface area (Å²) in [5.74, 6) is -0.179. The summed E-state index contributed by atoms with van der Waals surface area (Å²) in [5.41, 5.74) is 4.42. The number of hydrogen-bond acceptors (Lipinski definition) is 3. The van der Waals surface area contributed by atoms with Crippen LogP contribution in [0.4, 0.5) is 0 Å².